The van der Waals surface area contributed by atoms with Gasteiger partial charge < -0.3 is 10.0 Å². The van der Waals surface area contributed by atoms with E-state index in [0.717, 1.165) is 18.7 Å². The maximum atomic E-state index is 9.66. The molecule has 17 heavy (non-hydrogen) atoms. The van der Waals surface area contributed by atoms with Crippen LogP contribution in [0.1, 0.15) is 38.5 Å². The van der Waals surface area contributed by atoms with E-state index in [2.05, 4.69) is 22.7 Å². The number of anilines is 1. The first-order valence-electron chi connectivity index (χ1n) is 6.05. The first-order chi connectivity index (χ1) is 8.22. The maximum Gasteiger partial charge on any atom is 0.0957 e. The van der Waals surface area contributed by atoms with Crippen molar-refractivity contribution in [1.82, 2.24) is 4.98 Å². The van der Waals surface area contributed by atoms with Gasteiger partial charge in [0.2, 0.25) is 0 Å². The number of nitrogens with zero attached hydrogens (tertiary/aromatic N) is 2. The van der Waals surface area contributed by atoms with Crippen LogP contribution in [0.2, 0.25) is 0 Å². The molecular formula is C14H20N2O. The Balaban J connectivity index is 2.80. The van der Waals surface area contributed by atoms with Crippen LogP contribution >= 0.6 is 0 Å². The topological polar surface area (TPSA) is 36.4 Å². The van der Waals surface area contributed by atoms with Crippen LogP contribution in [0.4, 0.5) is 5.69 Å². The molecule has 0 aromatic carbocycles. The number of aromatic nitrogens is 1. The van der Waals surface area contributed by atoms with Gasteiger partial charge in [0.25, 0.3) is 0 Å². The average Bonchev–Trinajstić information content (AvgIpc) is 2.38. The Morgan fingerprint density at radius 2 is 2.24 bits per heavy atom. The van der Waals surface area contributed by atoms with Crippen molar-refractivity contribution in [3.05, 3.63) is 24.0 Å². The summed E-state index contributed by atoms with van der Waals surface area (Å²) in [5, 5.41) is 9.66. The minimum Gasteiger partial charge on any atom is -0.387 e. The van der Waals surface area contributed by atoms with Gasteiger partial charge in [0.05, 0.1) is 30.2 Å². The molecule has 1 N–H and O–H groups in total. The lowest BCUT2D eigenvalue weighted by Crippen LogP contribution is -2.24. The minimum atomic E-state index is -0.476. The highest BCUT2D eigenvalue weighted by Gasteiger charge is 2.08. The number of pyridine rings is 1. The number of terminal acetylenes is 1. The minimum absolute atomic E-state index is 0.476. The zero-order valence-corrected chi connectivity index (χ0v) is 10.6. The SMILES string of the molecule is C#CCN(CCC)c1ccc(C(O)CC)nc1. The summed E-state index contributed by atoms with van der Waals surface area (Å²) >= 11 is 0. The molecule has 0 aliphatic carbocycles. The van der Waals surface area contributed by atoms with Crippen molar-refractivity contribution < 1.29 is 5.11 Å². The molecule has 1 atom stereocenters. The van der Waals surface area contributed by atoms with Crippen LogP contribution in [-0.4, -0.2) is 23.2 Å². The standard InChI is InChI=1S/C14H20N2O/c1-4-9-16(10-5-2)12-7-8-13(15-11-12)14(17)6-3/h1,7-8,11,14,17H,5-6,9-10H2,2-3H3. The fourth-order valence-corrected chi connectivity index (χ4v) is 1.67. The Bertz CT molecular complexity index is 367. The van der Waals surface area contributed by atoms with Crippen molar-refractivity contribution in [2.75, 3.05) is 18.0 Å². The van der Waals surface area contributed by atoms with Gasteiger partial charge >= 0.3 is 0 Å². The second-order valence-corrected chi connectivity index (χ2v) is 3.99. The molecule has 0 radical (unpaired) electrons. The molecule has 0 amide bonds. The molecule has 0 saturated heterocycles. The zero-order chi connectivity index (χ0) is 12.7. The molecular weight excluding hydrogens is 212 g/mol. The molecule has 3 nitrogen and oxygen atoms in total. The summed E-state index contributed by atoms with van der Waals surface area (Å²) in [7, 11) is 0. The Labute approximate surface area is 103 Å². The lowest BCUT2D eigenvalue weighted by atomic mass is 10.2. The summed E-state index contributed by atoms with van der Waals surface area (Å²) in [6.45, 7) is 5.56. The van der Waals surface area contributed by atoms with Gasteiger partial charge in [-0.15, -0.1) is 6.42 Å². The van der Waals surface area contributed by atoms with Crippen LogP contribution in [0, 0.1) is 12.3 Å². The van der Waals surface area contributed by atoms with E-state index in [-0.39, 0.29) is 0 Å². The van der Waals surface area contributed by atoms with Gasteiger partial charge in [0.1, 0.15) is 0 Å². The van der Waals surface area contributed by atoms with E-state index in [1.165, 1.54) is 0 Å². The van der Waals surface area contributed by atoms with Gasteiger partial charge in [0.15, 0.2) is 0 Å². The Morgan fingerprint density at radius 1 is 1.47 bits per heavy atom. The second kappa shape index (κ2) is 6.93. The monoisotopic (exact) mass is 232 g/mol. The van der Waals surface area contributed by atoms with E-state index in [0.29, 0.717) is 18.7 Å². The maximum absolute atomic E-state index is 9.66. The van der Waals surface area contributed by atoms with Gasteiger partial charge in [0, 0.05) is 6.54 Å². The Morgan fingerprint density at radius 3 is 2.71 bits per heavy atom. The number of aliphatic hydroxyl groups is 1. The third kappa shape index (κ3) is 3.76. The van der Waals surface area contributed by atoms with Gasteiger partial charge in [-0.2, -0.15) is 0 Å². The second-order valence-electron chi connectivity index (χ2n) is 3.99. The van der Waals surface area contributed by atoms with Gasteiger partial charge in [-0.25, -0.2) is 0 Å². The lowest BCUT2D eigenvalue weighted by molar-refractivity contribution is 0.169. The fraction of sp³-hybridized carbons (Fsp3) is 0.500. The Hall–Kier alpha value is -1.53. The number of hydrogen-bond donors (Lipinski definition) is 1. The van der Waals surface area contributed by atoms with Gasteiger partial charge in [-0.05, 0) is 25.0 Å². The van der Waals surface area contributed by atoms with Crippen molar-refractivity contribution in [3.8, 4) is 12.3 Å². The number of aliphatic hydroxyl groups excluding tert-OH is 1. The number of hydrogen-bond acceptors (Lipinski definition) is 3. The summed E-state index contributed by atoms with van der Waals surface area (Å²) in [6, 6.07) is 3.83. The van der Waals surface area contributed by atoms with E-state index in [9.17, 15) is 5.11 Å². The molecule has 1 aromatic rings. The van der Waals surface area contributed by atoms with Crippen molar-refractivity contribution in [3.63, 3.8) is 0 Å². The van der Waals surface area contributed by atoms with Crippen molar-refractivity contribution in [1.29, 1.82) is 0 Å². The highest BCUT2D eigenvalue weighted by atomic mass is 16.3. The smallest absolute Gasteiger partial charge is 0.0957 e. The van der Waals surface area contributed by atoms with Crippen LogP contribution in [0.25, 0.3) is 0 Å². The molecule has 0 spiro atoms. The highest BCUT2D eigenvalue weighted by molar-refractivity contribution is 5.45. The third-order valence-corrected chi connectivity index (χ3v) is 2.64. The van der Waals surface area contributed by atoms with E-state index in [4.69, 9.17) is 6.42 Å². The third-order valence-electron chi connectivity index (χ3n) is 2.64. The molecule has 1 aromatic heterocycles. The molecule has 1 rings (SSSR count). The van der Waals surface area contributed by atoms with E-state index < -0.39 is 6.10 Å². The molecule has 92 valence electrons. The van der Waals surface area contributed by atoms with Gasteiger partial charge in [-0.3, -0.25) is 4.98 Å². The Kier molecular flexibility index (Phi) is 5.51. The lowest BCUT2D eigenvalue weighted by Gasteiger charge is -2.21. The summed E-state index contributed by atoms with van der Waals surface area (Å²) in [5.41, 5.74) is 1.73. The van der Waals surface area contributed by atoms with E-state index >= 15 is 0 Å². The number of rotatable bonds is 6. The van der Waals surface area contributed by atoms with E-state index in [1.807, 2.05) is 19.1 Å². The van der Waals surface area contributed by atoms with Crippen LogP contribution in [-0.2, 0) is 0 Å². The first-order valence-corrected chi connectivity index (χ1v) is 6.05. The van der Waals surface area contributed by atoms with Crippen molar-refractivity contribution >= 4 is 5.69 Å². The summed E-state index contributed by atoms with van der Waals surface area (Å²) < 4.78 is 0. The molecule has 1 unspecified atom stereocenters. The van der Waals surface area contributed by atoms with Crippen LogP contribution < -0.4 is 4.90 Å². The summed E-state index contributed by atoms with van der Waals surface area (Å²) in [6.07, 6.45) is 8.37. The predicted octanol–water partition coefficient (Wildman–Crippen LogP) is 2.37. The molecule has 0 aliphatic rings. The zero-order valence-electron chi connectivity index (χ0n) is 10.6. The fourth-order valence-electron chi connectivity index (χ4n) is 1.67. The average molecular weight is 232 g/mol. The molecule has 0 fully saturated rings. The first kappa shape index (κ1) is 13.5. The van der Waals surface area contributed by atoms with Crippen LogP contribution in [0.3, 0.4) is 0 Å². The van der Waals surface area contributed by atoms with Crippen molar-refractivity contribution in [2.24, 2.45) is 0 Å². The summed E-state index contributed by atoms with van der Waals surface area (Å²) in [4.78, 5) is 6.38. The highest BCUT2D eigenvalue weighted by Crippen LogP contribution is 2.18. The van der Waals surface area contributed by atoms with Crippen molar-refractivity contribution in [2.45, 2.75) is 32.8 Å². The molecule has 3 heteroatoms. The largest absolute Gasteiger partial charge is 0.387 e. The molecule has 1 heterocycles. The molecule has 0 saturated carbocycles. The molecule has 0 bridgehead atoms. The quantitative estimate of drug-likeness (QED) is 0.765. The van der Waals surface area contributed by atoms with E-state index in [1.54, 1.807) is 6.20 Å². The molecule has 0 aliphatic heterocycles. The van der Waals surface area contributed by atoms with Crippen LogP contribution in [0.15, 0.2) is 18.3 Å². The normalized spacial score (nSPS) is 11.9. The summed E-state index contributed by atoms with van der Waals surface area (Å²) in [5.74, 6) is 2.65. The van der Waals surface area contributed by atoms with Gasteiger partial charge in [-0.1, -0.05) is 19.8 Å². The predicted molar refractivity (Wildman–Crippen MR) is 70.8 cm³/mol. The van der Waals surface area contributed by atoms with Crippen LogP contribution in [0.5, 0.6) is 0 Å².